The fourth-order valence-electron chi connectivity index (χ4n) is 3.14. The number of carbonyl (C=O) groups is 3. The molecule has 0 aliphatic heterocycles. The normalized spacial score (nSPS) is 13.1. The van der Waals surface area contributed by atoms with E-state index in [4.69, 9.17) is 0 Å². The topological polar surface area (TPSA) is 63.2 Å². The lowest BCUT2D eigenvalue weighted by molar-refractivity contribution is -0.114. The Hall–Kier alpha value is -3.01. The Morgan fingerprint density at radius 2 is 1.73 bits per heavy atom. The highest BCUT2D eigenvalue weighted by Gasteiger charge is 2.33. The number of Topliss-reactive ketones (excluding diaryl/α,β-unsaturated/α-hetero) is 2. The maximum atomic E-state index is 12.4. The van der Waals surface area contributed by atoms with Gasteiger partial charge in [0.15, 0.2) is 0 Å². The minimum absolute atomic E-state index is 0.194. The van der Waals surface area contributed by atoms with E-state index in [1.54, 1.807) is 12.1 Å². The predicted octanol–water partition coefficient (Wildman–Crippen LogP) is 3.33. The van der Waals surface area contributed by atoms with E-state index >= 15 is 0 Å². The Morgan fingerprint density at radius 3 is 2.50 bits per heavy atom. The number of nitrogens with one attached hydrogen (secondary N) is 1. The Morgan fingerprint density at radius 1 is 0.955 bits per heavy atom. The van der Waals surface area contributed by atoms with Crippen LogP contribution in [0.5, 0.6) is 0 Å². The SMILES string of the molecule is CC(=O)Nc1ccc2c3c(c4ccccc4cc13)C(=O)C2=O. The van der Waals surface area contributed by atoms with Crippen LogP contribution in [0.25, 0.3) is 21.5 Å². The molecule has 0 saturated carbocycles. The molecule has 0 unspecified atom stereocenters. The molecule has 1 N–H and O–H groups in total. The Bertz CT molecular complexity index is 1020. The summed E-state index contributed by atoms with van der Waals surface area (Å²) in [6, 6.07) is 12.7. The summed E-state index contributed by atoms with van der Waals surface area (Å²) in [7, 11) is 0. The summed E-state index contributed by atoms with van der Waals surface area (Å²) in [4.78, 5) is 36.0. The number of ketones is 2. The summed E-state index contributed by atoms with van der Waals surface area (Å²) >= 11 is 0. The maximum absolute atomic E-state index is 12.4. The van der Waals surface area contributed by atoms with Crippen LogP contribution in [-0.4, -0.2) is 17.5 Å². The number of amides is 1. The van der Waals surface area contributed by atoms with Crippen molar-refractivity contribution in [3.8, 4) is 0 Å². The van der Waals surface area contributed by atoms with Crippen LogP contribution in [0.4, 0.5) is 5.69 Å². The minimum Gasteiger partial charge on any atom is -0.326 e. The highest BCUT2D eigenvalue weighted by atomic mass is 16.2. The zero-order chi connectivity index (χ0) is 15.4. The van der Waals surface area contributed by atoms with Crippen molar-refractivity contribution in [1.82, 2.24) is 0 Å². The van der Waals surface area contributed by atoms with E-state index in [9.17, 15) is 14.4 Å². The molecule has 3 aromatic rings. The van der Waals surface area contributed by atoms with Crippen molar-refractivity contribution in [2.24, 2.45) is 0 Å². The zero-order valence-corrected chi connectivity index (χ0v) is 11.8. The number of anilines is 1. The smallest absolute Gasteiger partial charge is 0.234 e. The Labute approximate surface area is 125 Å². The number of benzene rings is 3. The molecular weight excluding hydrogens is 278 g/mol. The highest BCUT2D eigenvalue weighted by molar-refractivity contribution is 6.59. The molecule has 106 valence electrons. The second kappa shape index (κ2) is 4.24. The molecule has 0 heterocycles. The molecule has 0 atom stereocenters. The number of hydrogen-bond donors (Lipinski definition) is 1. The number of fused-ring (bicyclic) bond motifs is 2. The lowest BCUT2D eigenvalue weighted by Crippen LogP contribution is -2.07. The number of rotatable bonds is 1. The average Bonchev–Trinajstić information content (AvgIpc) is 2.76. The molecule has 0 spiro atoms. The molecule has 1 aliphatic carbocycles. The second-order valence-electron chi connectivity index (χ2n) is 5.40. The van der Waals surface area contributed by atoms with E-state index in [1.165, 1.54) is 6.92 Å². The lowest BCUT2D eigenvalue weighted by Gasteiger charge is -2.10. The molecule has 0 saturated heterocycles. The van der Waals surface area contributed by atoms with E-state index in [0.29, 0.717) is 22.2 Å². The molecule has 22 heavy (non-hydrogen) atoms. The van der Waals surface area contributed by atoms with Gasteiger partial charge >= 0.3 is 0 Å². The zero-order valence-electron chi connectivity index (χ0n) is 11.8. The Balaban J connectivity index is 2.23. The molecule has 0 bridgehead atoms. The van der Waals surface area contributed by atoms with Crippen LogP contribution in [0.2, 0.25) is 0 Å². The van der Waals surface area contributed by atoms with Crippen LogP contribution in [0.3, 0.4) is 0 Å². The first-order chi connectivity index (χ1) is 10.6. The summed E-state index contributed by atoms with van der Waals surface area (Å²) in [5.41, 5.74) is 1.47. The van der Waals surface area contributed by atoms with Crippen LogP contribution in [0.15, 0.2) is 42.5 Å². The van der Waals surface area contributed by atoms with Gasteiger partial charge in [-0.25, -0.2) is 0 Å². The van der Waals surface area contributed by atoms with E-state index in [2.05, 4.69) is 5.32 Å². The first-order valence-corrected chi connectivity index (χ1v) is 6.93. The van der Waals surface area contributed by atoms with Crippen molar-refractivity contribution >= 4 is 44.7 Å². The monoisotopic (exact) mass is 289 g/mol. The van der Waals surface area contributed by atoms with Crippen LogP contribution in [0.1, 0.15) is 27.6 Å². The van der Waals surface area contributed by atoms with Gasteiger partial charge in [0.2, 0.25) is 17.5 Å². The summed E-state index contributed by atoms with van der Waals surface area (Å²) in [6.07, 6.45) is 0. The van der Waals surface area contributed by atoms with Crippen LogP contribution in [0, 0.1) is 0 Å². The molecule has 4 heteroatoms. The molecular formula is C18H11NO3. The van der Waals surface area contributed by atoms with Gasteiger partial charge in [-0.3, -0.25) is 14.4 Å². The van der Waals surface area contributed by atoms with Crippen molar-refractivity contribution in [2.75, 3.05) is 5.32 Å². The van der Waals surface area contributed by atoms with Gasteiger partial charge in [-0.2, -0.15) is 0 Å². The second-order valence-corrected chi connectivity index (χ2v) is 5.40. The van der Waals surface area contributed by atoms with E-state index < -0.39 is 11.6 Å². The standard InChI is InChI=1S/C18H11NO3/c1-9(20)19-14-7-6-12-15-13(14)8-10-4-2-3-5-11(10)16(15)18(22)17(12)21/h2-8H,1H3,(H,19,20). The third-order valence-corrected chi connectivity index (χ3v) is 4.01. The fraction of sp³-hybridized carbons (Fsp3) is 0.0556. The average molecular weight is 289 g/mol. The van der Waals surface area contributed by atoms with Gasteiger partial charge < -0.3 is 5.32 Å². The molecule has 1 amide bonds. The van der Waals surface area contributed by atoms with E-state index in [0.717, 1.165) is 16.2 Å². The molecule has 3 aromatic carbocycles. The molecule has 0 aromatic heterocycles. The van der Waals surface area contributed by atoms with Crippen molar-refractivity contribution < 1.29 is 14.4 Å². The van der Waals surface area contributed by atoms with Crippen molar-refractivity contribution in [2.45, 2.75) is 6.92 Å². The third kappa shape index (κ3) is 1.55. The van der Waals surface area contributed by atoms with Gasteiger partial charge in [-0.1, -0.05) is 24.3 Å². The van der Waals surface area contributed by atoms with Gasteiger partial charge in [0.1, 0.15) is 0 Å². The quantitative estimate of drug-likeness (QED) is 0.552. The Kier molecular flexibility index (Phi) is 2.45. The van der Waals surface area contributed by atoms with Gasteiger partial charge in [-0.15, -0.1) is 0 Å². The van der Waals surface area contributed by atoms with Gasteiger partial charge in [0.05, 0.1) is 0 Å². The maximum Gasteiger partial charge on any atom is 0.234 e. The summed E-state index contributed by atoms with van der Waals surface area (Å²) < 4.78 is 0. The molecule has 0 fully saturated rings. The van der Waals surface area contributed by atoms with Crippen LogP contribution >= 0.6 is 0 Å². The molecule has 1 aliphatic rings. The first-order valence-electron chi connectivity index (χ1n) is 6.93. The van der Waals surface area contributed by atoms with Crippen LogP contribution < -0.4 is 5.32 Å². The van der Waals surface area contributed by atoms with Gasteiger partial charge in [0.25, 0.3) is 0 Å². The predicted molar refractivity (Wildman–Crippen MR) is 84.4 cm³/mol. The van der Waals surface area contributed by atoms with Gasteiger partial charge in [0, 0.05) is 34.5 Å². The van der Waals surface area contributed by atoms with E-state index in [-0.39, 0.29) is 5.91 Å². The molecule has 4 rings (SSSR count). The largest absolute Gasteiger partial charge is 0.326 e. The number of carbonyl (C=O) groups excluding carboxylic acids is 3. The highest BCUT2D eigenvalue weighted by Crippen LogP contribution is 2.39. The van der Waals surface area contributed by atoms with Gasteiger partial charge in [-0.05, 0) is 29.0 Å². The lowest BCUT2D eigenvalue weighted by atomic mass is 9.96. The minimum atomic E-state index is -0.481. The number of hydrogen-bond acceptors (Lipinski definition) is 3. The third-order valence-electron chi connectivity index (χ3n) is 4.01. The fourth-order valence-corrected chi connectivity index (χ4v) is 3.14. The molecule has 4 nitrogen and oxygen atoms in total. The van der Waals surface area contributed by atoms with Crippen molar-refractivity contribution in [1.29, 1.82) is 0 Å². The first kappa shape index (κ1) is 12.7. The van der Waals surface area contributed by atoms with Crippen molar-refractivity contribution in [3.05, 3.63) is 53.6 Å². The van der Waals surface area contributed by atoms with Crippen molar-refractivity contribution in [3.63, 3.8) is 0 Å². The summed E-state index contributed by atoms with van der Waals surface area (Å²) in [5.74, 6) is -1.15. The van der Waals surface area contributed by atoms with Crippen LogP contribution in [-0.2, 0) is 4.79 Å². The summed E-state index contributed by atoms with van der Waals surface area (Å²) in [5, 5.41) is 5.77. The molecule has 0 radical (unpaired) electrons. The van der Waals surface area contributed by atoms with E-state index in [1.807, 2.05) is 30.3 Å². The summed E-state index contributed by atoms with van der Waals surface area (Å²) in [6.45, 7) is 1.43.